The summed E-state index contributed by atoms with van der Waals surface area (Å²) in [6.45, 7) is 18.0. The molecule has 34 heavy (non-hydrogen) atoms. The van der Waals surface area contributed by atoms with Gasteiger partial charge in [-0.3, -0.25) is 0 Å². The molecule has 170 valence electrons. The van der Waals surface area contributed by atoms with E-state index in [9.17, 15) is 0 Å². The third kappa shape index (κ3) is 12.4. The van der Waals surface area contributed by atoms with Crippen LogP contribution in [0.3, 0.4) is 0 Å². The molecule has 0 atom stereocenters. The van der Waals surface area contributed by atoms with E-state index in [1.165, 1.54) is 34.8 Å². The molecule has 0 heterocycles. The van der Waals surface area contributed by atoms with Gasteiger partial charge in [-0.25, -0.2) is 0 Å². The second kappa shape index (κ2) is 24.8. The third-order valence-corrected chi connectivity index (χ3v) is 4.58. The van der Waals surface area contributed by atoms with Crippen molar-refractivity contribution in [2.24, 2.45) is 0 Å². The van der Waals surface area contributed by atoms with E-state index in [-0.39, 0.29) is 39.0 Å². The van der Waals surface area contributed by atoms with Gasteiger partial charge >= 0.3 is 84.2 Å². The molecule has 0 unspecified atom stereocenters. The fourth-order valence-electron chi connectivity index (χ4n) is 3.38. The average Bonchev–Trinajstić information content (AvgIpc) is 3.54. The number of benzene rings is 2. The minimum atomic E-state index is 0. The summed E-state index contributed by atoms with van der Waals surface area (Å²) in [7, 11) is 0. The molecule has 0 aromatic heterocycles. The maximum absolute atomic E-state index is 7.50. The Morgan fingerprint density at radius 3 is 1.03 bits per heavy atom. The zero-order valence-electron chi connectivity index (χ0n) is 18.0. The van der Waals surface area contributed by atoms with Crippen LogP contribution >= 0.6 is 0 Å². The van der Waals surface area contributed by atoms with Gasteiger partial charge in [0.15, 0.2) is 0 Å². The molecule has 2 aromatic rings. The van der Waals surface area contributed by atoms with Gasteiger partial charge in [0.2, 0.25) is 0 Å². The van der Waals surface area contributed by atoms with Gasteiger partial charge in [0.05, 0.1) is 0 Å². The Labute approximate surface area is 230 Å². The van der Waals surface area contributed by atoms with Crippen molar-refractivity contribution in [3.05, 3.63) is 161 Å². The van der Waals surface area contributed by atoms with Crippen LogP contribution in [0.25, 0.3) is 0 Å². The summed E-state index contributed by atoms with van der Waals surface area (Å²) in [6, 6.07) is 21.4. The minimum Gasteiger partial charge on any atom is -0.0622 e. The molecular weight excluding hydrogens is 602 g/mol. The minimum absolute atomic E-state index is 0. The van der Waals surface area contributed by atoms with E-state index in [0.717, 1.165) is 12.8 Å². The van der Waals surface area contributed by atoms with Crippen molar-refractivity contribution in [1.29, 1.82) is 0 Å². The summed E-state index contributed by atoms with van der Waals surface area (Å²) in [5.74, 6) is 5.55. The molecular formula is C28H20O4Ru2+2. The fraction of sp³-hybridized carbons (Fsp3) is 0.0714. The summed E-state index contributed by atoms with van der Waals surface area (Å²) in [5.41, 5.74) is 2.72. The zero-order valence-corrected chi connectivity index (χ0v) is 21.5. The van der Waals surface area contributed by atoms with E-state index in [2.05, 4.69) is 126 Å². The molecule has 2 saturated carbocycles. The predicted molar refractivity (Wildman–Crippen MR) is 115 cm³/mol. The van der Waals surface area contributed by atoms with Gasteiger partial charge in [-0.2, -0.15) is 0 Å². The molecule has 0 bridgehead atoms. The zero-order chi connectivity index (χ0) is 24.2. The Kier molecular flexibility index (Phi) is 27.1. The van der Waals surface area contributed by atoms with Gasteiger partial charge in [0.25, 0.3) is 0 Å². The Bertz CT molecular complexity index is 721. The molecule has 4 rings (SSSR count). The molecule has 0 N–H and O–H groups in total. The summed E-state index contributed by atoms with van der Waals surface area (Å²) < 4.78 is 30.0. The molecule has 12 radical (unpaired) electrons. The van der Waals surface area contributed by atoms with Crippen LogP contribution in [0.15, 0.2) is 60.7 Å². The van der Waals surface area contributed by atoms with Gasteiger partial charge in [0, 0.05) is 0 Å². The standard InChI is InChI=1S/C24H20.4CO.2Ru/c1-3-9-19(10-4-1)17-21-13-7-15-23(21)24-16-8-14-22(24)18-20-11-5-2-6-12-20;4*1-2;;/h1-16H,17-18H2;;;;;;/q;;;;;2*+1. The second-order valence-corrected chi connectivity index (χ2v) is 6.25. The topological polar surface area (TPSA) is 79.6 Å². The first-order valence-electron chi connectivity index (χ1n) is 9.29. The quantitative estimate of drug-likeness (QED) is 0.259. The molecule has 2 aliphatic rings. The van der Waals surface area contributed by atoms with Crippen LogP contribution in [0.4, 0.5) is 0 Å². The summed E-state index contributed by atoms with van der Waals surface area (Å²) >= 11 is 0. The first-order valence-corrected chi connectivity index (χ1v) is 9.29. The maximum atomic E-state index is 7.50. The van der Waals surface area contributed by atoms with Crippen molar-refractivity contribution in [1.82, 2.24) is 0 Å². The van der Waals surface area contributed by atoms with E-state index in [0.29, 0.717) is 0 Å². The smallest absolute Gasteiger partial charge is 0.0622 e. The van der Waals surface area contributed by atoms with Crippen molar-refractivity contribution >= 4 is 0 Å². The van der Waals surface area contributed by atoms with E-state index in [1.807, 2.05) is 0 Å². The fourth-order valence-corrected chi connectivity index (χ4v) is 3.38. The Balaban J connectivity index is -0.000000876. The normalized spacial score (nSPS) is 14.9. The molecule has 0 amide bonds. The monoisotopic (exact) mass is 624 g/mol. The molecule has 6 heteroatoms. The third-order valence-electron chi connectivity index (χ3n) is 4.58. The number of rotatable bonds is 5. The number of hydrogen-bond acceptors (Lipinski definition) is 0. The van der Waals surface area contributed by atoms with E-state index in [4.69, 9.17) is 18.6 Å². The number of hydrogen-bond donors (Lipinski definition) is 0. The van der Waals surface area contributed by atoms with Crippen LogP contribution in [0.2, 0.25) is 0 Å². The second-order valence-electron chi connectivity index (χ2n) is 6.25. The van der Waals surface area contributed by atoms with Crippen molar-refractivity contribution in [2.75, 3.05) is 0 Å². The maximum Gasteiger partial charge on any atom is 1.00 e. The average molecular weight is 623 g/mol. The molecule has 2 aliphatic carbocycles. The van der Waals surface area contributed by atoms with Gasteiger partial charge in [-0.05, 0) is 86.2 Å². The molecule has 4 nitrogen and oxygen atoms in total. The Morgan fingerprint density at radius 1 is 0.441 bits per heavy atom. The molecule has 2 aromatic carbocycles. The van der Waals surface area contributed by atoms with Crippen molar-refractivity contribution in [2.45, 2.75) is 12.8 Å². The van der Waals surface area contributed by atoms with Gasteiger partial charge in [-0.1, -0.05) is 60.7 Å². The Morgan fingerprint density at radius 2 is 0.735 bits per heavy atom. The molecule has 2 fully saturated rings. The van der Waals surface area contributed by atoms with Crippen LogP contribution in [-0.4, -0.2) is 0 Å². The van der Waals surface area contributed by atoms with Crippen molar-refractivity contribution in [3.8, 4) is 0 Å². The van der Waals surface area contributed by atoms with Crippen LogP contribution in [0, 0.1) is 88.8 Å². The predicted octanol–water partition coefficient (Wildman–Crippen LogP) is 4.87. The van der Waals surface area contributed by atoms with Crippen LogP contribution in [-0.2, 0) is 70.4 Å². The first-order chi connectivity index (χ1) is 15.9. The summed E-state index contributed by atoms with van der Waals surface area (Å²) in [4.78, 5) is 0. The molecule has 0 aliphatic heterocycles. The van der Waals surface area contributed by atoms with Crippen LogP contribution in [0.1, 0.15) is 11.1 Å². The van der Waals surface area contributed by atoms with Gasteiger partial charge < -0.3 is 0 Å². The van der Waals surface area contributed by atoms with Gasteiger partial charge in [0.1, 0.15) is 0 Å². The Hall–Kier alpha value is -1.35. The first kappa shape index (κ1) is 37.2. The van der Waals surface area contributed by atoms with Crippen LogP contribution in [0.5, 0.6) is 0 Å². The van der Waals surface area contributed by atoms with Crippen molar-refractivity contribution < 1.29 is 57.6 Å². The summed E-state index contributed by atoms with van der Waals surface area (Å²) in [5, 5.41) is 0. The molecule has 0 spiro atoms. The van der Waals surface area contributed by atoms with Crippen LogP contribution < -0.4 is 0 Å². The van der Waals surface area contributed by atoms with Crippen molar-refractivity contribution in [3.63, 3.8) is 0 Å². The van der Waals surface area contributed by atoms with E-state index < -0.39 is 0 Å². The largest absolute Gasteiger partial charge is 1.00 e. The van der Waals surface area contributed by atoms with E-state index in [1.54, 1.807) is 0 Å². The SMILES string of the molecule is [C-]#[O+].[C-]#[O+].[C-]#[O+].[C-]#[O+].[CH]1[CH][C](Cc2ccccc2)[C]([C]2[CH][CH][CH][C]2Cc2ccccc2)[CH]1.[Ru+].[Ru+]. The molecule has 0 saturated heterocycles. The van der Waals surface area contributed by atoms with Gasteiger partial charge in [-0.15, -0.1) is 0 Å². The summed E-state index contributed by atoms with van der Waals surface area (Å²) in [6.07, 6.45) is 15.3. The van der Waals surface area contributed by atoms with E-state index >= 15 is 0 Å².